The minimum atomic E-state index is 0.228. The second-order valence-corrected chi connectivity index (χ2v) is 4.24. The summed E-state index contributed by atoms with van der Waals surface area (Å²) in [4.78, 5) is 0. The summed E-state index contributed by atoms with van der Waals surface area (Å²) in [6, 6.07) is 14.4. The lowest BCUT2D eigenvalue weighted by atomic mass is 10.1. The molecule has 0 amide bonds. The van der Waals surface area contributed by atoms with Crippen LogP contribution in [0.2, 0.25) is 5.02 Å². The normalized spacial score (nSPS) is 10.9. The number of fused-ring (bicyclic) bond motifs is 1. The number of phenols is 1. The number of rotatable bonds is 1. The molecule has 1 heterocycles. The predicted octanol–water partition coefficient (Wildman–Crippen LogP) is 4.46. The van der Waals surface area contributed by atoms with Crippen molar-refractivity contribution in [3.8, 4) is 17.1 Å². The van der Waals surface area contributed by atoms with Gasteiger partial charge in [-0.3, -0.25) is 0 Å². The van der Waals surface area contributed by atoms with Gasteiger partial charge in [0.2, 0.25) is 0 Å². The second kappa shape index (κ2) is 3.82. The molecule has 0 saturated carbocycles. The average Bonchev–Trinajstić information content (AvgIpc) is 2.75. The number of furan rings is 1. The first kappa shape index (κ1) is 10.2. The molecule has 3 heteroatoms. The molecule has 2 aromatic carbocycles. The van der Waals surface area contributed by atoms with E-state index in [1.165, 1.54) is 0 Å². The van der Waals surface area contributed by atoms with Gasteiger partial charge in [-0.2, -0.15) is 0 Å². The monoisotopic (exact) mass is 244 g/mol. The van der Waals surface area contributed by atoms with E-state index in [4.69, 9.17) is 16.0 Å². The summed E-state index contributed by atoms with van der Waals surface area (Å²) < 4.78 is 5.67. The highest BCUT2D eigenvalue weighted by Crippen LogP contribution is 2.32. The van der Waals surface area contributed by atoms with Crippen molar-refractivity contribution < 1.29 is 9.52 Å². The van der Waals surface area contributed by atoms with Gasteiger partial charge in [0, 0.05) is 10.6 Å². The van der Waals surface area contributed by atoms with Crippen LogP contribution in [-0.4, -0.2) is 5.11 Å². The molecule has 0 radical (unpaired) electrons. The molecule has 1 aromatic heterocycles. The standard InChI is InChI=1S/C14H9ClO2/c15-10-6-4-9(5-7-10)14-8-11-12(16)2-1-3-13(11)17-14/h1-8,16H. The van der Waals surface area contributed by atoms with Crippen LogP contribution in [0.25, 0.3) is 22.3 Å². The Labute approximate surface area is 103 Å². The molecule has 0 aliphatic carbocycles. The molecule has 3 aromatic rings. The maximum Gasteiger partial charge on any atom is 0.138 e. The maximum atomic E-state index is 9.69. The zero-order valence-corrected chi connectivity index (χ0v) is 9.61. The van der Waals surface area contributed by atoms with E-state index in [0.29, 0.717) is 10.6 Å². The van der Waals surface area contributed by atoms with Crippen molar-refractivity contribution in [2.24, 2.45) is 0 Å². The second-order valence-electron chi connectivity index (χ2n) is 3.81. The first-order chi connectivity index (χ1) is 8.24. The van der Waals surface area contributed by atoms with Crippen molar-refractivity contribution in [1.29, 1.82) is 0 Å². The highest BCUT2D eigenvalue weighted by Gasteiger charge is 2.08. The molecule has 0 unspecified atom stereocenters. The zero-order valence-electron chi connectivity index (χ0n) is 8.85. The summed E-state index contributed by atoms with van der Waals surface area (Å²) in [6.07, 6.45) is 0. The molecule has 17 heavy (non-hydrogen) atoms. The zero-order chi connectivity index (χ0) is 11.8. The van der Waals surface area contributed by atoms with E-state index in [2.05, 4.69) is 0 Å². The van der Waals surface area contributed by atoms with Crippen molar-refractivity contribution in [2.75, 3.05) is 0 Å². The lowest BCUT2D eigenvalue weighted by Gasteiger charge is -1.95. The van der Waals surface area contributed by atoms with E-state index in [-0.39, 0.29) is 5.75 Å². The van der Waals surface area contributed by atoms with E-state index in [1.807, 2.05) is 36.4 Å². The van der Waals surface area contributed by atoms with Gasteiger partial charge in [0.1, 0.15) is 17.1 Å². The highest BCUT2D eigenvalue weighted by molar-refractivity contribution is 6.30. The molecule has 0 saturated heterocycles. The van der Waals surface area contributed by atoms with Crippen molar-refractivity contribution in [3.63, 3.8) is 0 Å². The number of hydrogen-bond acceptors (Lipinski definition) is 2. The number of phenolic OH excluding ortho intramolecular Hbond substituents is 1. The minimum Gasteiger partial charge on any atom is -0.507 e. The fraction of sp³-hybridized carbons (Fsp3) is 0. The topological polar surface area (TPSA) is 33.4 Å². The number of halogens is 1. The molecular weight excluding hydrogens is 236 g/mol. The van der Waals surface area contributed by atoms with Crippen LogP contribution >= 0.6 is 11.6 Å². The van der Waals surface area contributed by atoms with Crippen LogP contribution in [0.3, 0.4) is 0 Å². The van der Waals surface area contributed by atoms with Crippen LogP contribution < -0.4 is 0 Å². The van der Waals surface area contributed by atoms with Gasteiger partial charge in [-0.1, -0.05) is 17.7 Å². The fourth-order valence-electron chi connectivity index (χ4n) is 1.80. The first-order valence-corrected chi connectivity index (χ1v) is 5.59. The van der Waals surface area contributed by atoms with Crippen LogP contribution in [0.1, 0.15) is 0 Å². The summed E-state index contributed by atoms with van der Waals surface area (Å²) >= 11 is 5.83. The van der Waals surface area contributed by atoms with Gasteiger partial charge in [-0.15, -0.1) is 0 Å². The number of aromatic hydroxyl groups is 1. The van der Waals surface area contributed by atoms with E-state index in [1.54, 1.807) is 12.1 Å². The Morgan fingerprint density at radius 2 is 1.76 bits per heavy atom. The number of benzene rings is 2. The Morgan fingerprint density at radius 3 is 2.47 bits per heavy atom. The minimum absolute atomic E-state index is 0.228. The first-order valence-electron chi connectivity index (χ1n) is 5.21. The van der Waals surface area contributed by atoms with Crippen molar-refractivity contribution in [2.45, 2.75) is 0 Å². The van der Waals surface area contributed by atoms with E-state index in [0.717, 1.165) is 16.7 Å². The van der Waals surface area contributed by atoms with Crippen LogP contribution in [0, 0.1) is 0 Å². The van der Waals surface area contributed by atoms with Crippen molar-refractivity contribution in [1.82, 2.24) is 0 Å². The molecular formula is C14H9ClO2. The lowest BCUT2D eigenvalue weighted by molar-refractivity contribution is 0.481. The Balaban J connectivity index is 2.18. The van der Waals surface area contributed by atoms with Gasteiger partial charge in [0.25, 0.3) is 0 Å². The van der Waals surface area contributed by atoms with Gasteiger partial charge in [-0.25, -0.2) is 0 Å². The molecule has 0 spiro atoms. The average molecular weight is 245 g/mol. The molecule has 1 N–H and O–H groups in total. The Morgan fingerprint density at radius 1 is 1.00 bits per heavy atom. The molecule has 0 fully saturated rings. The Hall–Kier alpha value is -1.93. The number of hydrogen-bond donors (Lipinski definition) is 1. The van der Waals surface area contributed by atoms with E-state index < -0.39 is 0 Å². The molecule has 84 valence electrons. The van der Waals surface area contributed by atoms with Crippen LogP contribution in [-0.2, 0) is 0 Å². The molecule has 0 bridgehead atoms. The van der Waals surface area contributed by atoms with Gasteiger partial charge < -0.3 is 9.52 Å². The van der Waals surface area contributed by atoms with Crippen molar-refractivity contribution in [3.05, 3.63) is 53.6 Å². The van der Waals surface area contributed by atoms with Gasteiger partial charge >= 0.3 is 0 Å². The summed E-state index contributed by atoms with van der Waals surface area (Å²) in [6.45, 7) is 0. The van der Waals surface area contributed by atoms with Crippen LogP contribution in [0.15, 0.2) is 52.9 Å². The molecule has 0 aliphatic rings. The van der Waals surface area contributed by atoms with Gasteiger partial charge in [-0.05, 0) is 42.5 Å². The molecule has 0 aliphatic heterocycles. The molecule has 3 rings (SSSR count). The largest absolute Gasteiger partial charge is 0.507 e. The third-order valence-electron chi connectivity index (χ3n) is 2.67. The molecule has 0 atom stereocenters. The van der Waals surface area contributed by atoms with Crippen LogP contribution in [0.5, 0.6) is 5.75 Å². The van der Waals surface area contributed by atoms with Gasteiger partial charge in [0.05, 0.1) is 5.39 Å². The quantitative estimate of drug-likeness (QED) is 0.686. The summed E-state index contributed by atoms with van der Waals surface area (Å²) in [5, 5.41) is 11.1. The van der Waals surface area contributed by atoms with E-state index in [9.17, 15) is 5.11 Å². The SMILES string of the molecule is Oc1cccc2oc(-c3ccc(Cl)cc3)cc12. The summed E-state index contributed by atoms with van der Waals surface area (Å²) in [7, 11) is 0. The fourth-order valence-corrected chi connectivity index (χ4v) is 1.93. The smallest absolute Gasteiger partial charge is 0.138 e. The van der Waals surface area contributed by atoms with Crippen molar-refractivity contribution >= 4 is 22.6 Å². The molecule has 2 nitrogen and oxygen atoms in total. The highest BCUT2D eigenvalue weighted by atomic mass is 35.5. The summed E-state index contributed by atoms with van der Waals surface area (Å²) in [5.41, 5.74) is 1.61. The summed E-state index contributed by atoms with van der Waals surface area (Å²) in [5.74, 6) is 0.949. The maximum absolute atomic E-state index is 9.69. The Bertz CT molecular complexity index is 668. The van der Waals surface area contributed by atoms with Crippen LogP contribution in [0.4, 0.5) is 0 Å². The third-order valence-corrected chi connectivity index (χ3v) is 2.92. The third kappa shape index (κ3) is 1.77. The Kier molecular flexibility index (Phi) is 2.30. The van der Waals surface area contributed by atoms with E-state index >= 15 is 0 Å². The lowest BCUT2D eigenvalue weighted by Crippen LogP contribution is -1.71. The van der Waals surface area contributed by atoms with Gasteiger partial charge in [0.15, 0.2) is 0 Å². The predicted molar refractivity (Wildman–Crippen MR) is 68.3 cm³/mol.